The van der Waals surface area contributed by atoms with E-state index in [9.17, 15) is 0 Å². The molecule has 1 aliphatic carbocycles. The second-order valence-electron chi connectivity index (χ2n) is 6.40. The van der Waals surface area contributed by atoms with Crippen LogP contribution in [-0.2, 0) is 11.2 Å². The highest BCUT2D eigenvalue weighted by Crippen LogP contribution is 2.34. The number of ether oxygens (including phenoxy) is 1. The van der Waals surface area contributed by atoms with Crippen LogP contribution in [0, 0.1) is 6.92 Å². The average molecular weight is 274 g/mol. The Morgan fingerprint density at radius 1 is 1.40 bits per heavy atom. The molecule has 0 amide bonds. The highest BCUT2D eigenvalue weighted by Gasteiger charge is 2.36. The van der Waals surface area contributed by atoms with Crippen molar-refractivity contribution in [2.75, 3.05) is 18.1 Å². The zero-order chi connectivity index (χ0) is 14.1. The third-order valence-corrected chi connectivity index (χ3v) is 4.61. The zero-order valence-corrected chi connectivity index (χ0v) is 12.6. The SMILES string of the molecule is Cc1cc(CC(C)N)ccc1N1CCOC2CCCC21. The van der Waals surface area contributed by atoms with Crippen molar-refractivity contribution in [3.8, 4) is 0 Å². The van der Waals surface area contributed by atoms with Gasteiger partial charge in [-0.2, -0.15) is 0 Å². The maximum absolute atomic E-state index is 5.91. The van der Waals surface area contributed by atoms with E-state index in [1.165, 1.54) is 36.1 Å². The summed E-state index contributed by atoms with van der Waals surface area (Å²) in [5.41, 5.74) is 10.0. The maximum atomic E-state index is 5.91. The van der Waals surface area contributed by atoms with Gasteiger partial charge in [-0.1, -0.05) is 12.1 Å². The Bertz CT molecular complexity index is 472. The van der Waals surface area contributed by atoms with Crippen LogP contribution in [0.5, 0.6) is 0 Å². The summed E-state index contributed by atoms with van der Waals surface area (Å²) in [5.74, 6) is 0. The van der Waals surface area contributed by atoms with E-state index in [4.69, 9.17) is 10.5 Å². The molecule has 2 aliphatic rings. The minimum absolute atomic E-state index is 0.225. The van der Waals surface area contributed by atoms with Gasteiger partial charge in [0.2, 0.25) is 0 Å². The van der Waals surface area contributed by atoms with Gasteiger partial charge in [-0.05, 0) is 56.7 Å². The number of benzene rings is 1. The zero-order valence-electron chi connectivity index (χ0n) is 12.6. The van der Waals surface area contributed by atoms with Crippen molar-refractivity contribution >= 4 is 5.69 Å². The molecule has 1 saturated heterocycles. The van der Waals surface area contributed by atoms with Crippen molar-refractivity contribution in [3.05, 3.63) is 29.3 Å². The van der Waals surface area contributed by atoms with Crippen LogP contribution in [0.1, 0.15) is 37.3 Å². The van der Waals surface area contributed by atoms with Crippen LogP contribution in [-0.4, -0.2) is 31.3 Å². The lowest BCUT2D eigenvalue weighted by Gasteiger charge is -2.40. The molecule has 1 aromatic carbocycles. The first kappa shape index (κ1) is 13.9. The molecule has 2 N–H and O–H groups in total. The molecule has 1 saturated carbocycles. The molecule has 0 bridgehead atoms. The molecular formula is C17H26N2O. The van der Waals surface area contributed by atoms with Crippen molar-refractivity contribution in [2.45, 2.75) is 57.7 Å². The monoisotopic (exact) mass is 274 g/mol. The number of aryl methyl sites for hydroxylation is 1. The summed E-state index contributed by atoms with van der Waals surface area (Å²) in [7, 11) is 0. The second kappa shape index (κ2) is 5.74. The molecule has 3 atom stereocenters. The minimum Gasteiger partial charge on any atom is -0.374 e. The van der Waals surface area contributed by atoms with Gasteiger partial charge in [-0.3, -0.25) is 0 Å². The lowest BCUT2D eigenvalue weighted by Crippen LogP contribution is -2.48. The number of rotatable bonds is 3. The summed E-state index contributed by atoms with van der Waals surface area (Å²) in [4.78, 5) is 2.58. The first-order valence-electron chi connectivity index (χ1n) is 7.88. The van der Waals surface area contributed by atoms with Crippen LogP contribution >= 0.6 is 0 Å². The Kier molecular flexibility index (Phi) is 3.99. The van der Waals surface area contributed by atoms with Crippen molar-refractivity contribution in [2.24, 2.45) is 5.73 Å². The third kappa shape index (κ3) is 2.70. The lowest BCUT2D eigenvalue weighted by atomic mass is 10.0. The average Bonchev–Trinajstić information content (AvgIpc) is 2.86. The van der Waals surface area contributed by atoms with Gasteiger partial charge in [0.25, 0.3) is 0 Å². The summed E-state index contributed by atoms with van der Waals surface area (Å²) in [6, 6.07) is 7.64. The van der Waals surface area contributed by atoms with Gasteiger partial charge in [0.05, 0.1) is 18.8 Å². The topological polar surface area (TPSA) is 38.5 Å². The molecule has 3 unspecified atom stereocenters. The molecule has 1 aliphatic heterocycles. The van der Waals surface area contributed by atoms with E-state index in [0.29, 0.717) is 12.1 Å². The summed E-state index contributed by atoms with van der Waals surface area (Å²) >= 11 is 0. The smallest absolute Gasteiger partial charge is 0.0779 e. The van der Waals surface area contributed by atoms with Crippen LogP contribution in [0.25, 0.3) is 0 Å². The van der Waals surface area contributed by atoms with Crippen LogP contribution in [0.2, 0.25) is 0 Å². The Morgan fingerprint density at radius 2 is 2.25 bits per heavy atom. The molecule has 0 aromatic heterocycles. The molecular weight excluding hydrogens is 248 g/mol. The number of morpholine rings is 1. The molecule has 3 rings (SSSR count). The third-order valence-electron chi connectivity index (χ3n) is 4.61. The predicted molar refractivity (Wildman–Crippen MR) is 83.3 cm³/mol. The van der Waals surface area contributed by atoms with Gasteiger partial charge in [0.15, 0.2) is 0 Å². The molecule has 3 nitrogen and oxygen atoms in total. The fourth-order valence-electron chi connectivity index (χ4n) is 3.76. The highest BCUT2D eigenvalue weighted by atomic mass is 16.5. The maximum Gasteiger partial charge on any atom is 0.0779 e. The molecule has 0 radical (unpaired) electrons. The fourth-order valence-corrected chi connectivity index (χ4v) is 3.76. The Morgan fingerprint density at radius 3 is 3.00 bits per heavy atom. The van der Waals surface area contributed by atoms with Crippen molar-refractivity contribution in [1.82, 2.24) is 0 Å². The Labute approximate surface area is 122 Å². The van der Waals surface area contributed by atoms with Crippen molar-refractivity contribution in [3.63, 3.8) is 0 Å². The normalized spacial score (nSPS) is 27.4. The highest BCUT2D eigenvalue weighted by molar-refractivity contribution is 5.56. The van der Waals surface area contributed by atoms with Gasteiger partial charge in [-0.15, -0.1) is 0 Å². The molecule has 110 valence electrons. The minimum atomic E-state index is 0.225. The summed E-state index contributed by atoms with van der Waals surface area (Å²) < 4.78 is 5.91. The molecule has 3 heteroatoms. The van der Waals surface area contributed by atoms with Crippen LogP contribution < -0.4 is 10.6 Å². The fraction of sp³-hybridized carbons (Fsp3) is 0.647. The molecule has 20 heavy (non-hydrogen) atoms. The quantitative estimate of drug-likeness (QED) is 0.921. The number of fused-ring (bicyclic) bond motifs is 1. The standard InChI is InChI=1S/C17H26N2O/c1-12-10-14(11-13(2)18)6-7-15(12)19-8-9-20-17-5-3-4-16(17)19/h6-7,10,13,16-17H,3-5,8-9,11,18H2,1-2H3. The molecule has 2 fully saturated rings. The Hall–Kier alpha value is -1.06. The number of hydrogen-bond acceptors (Lipinski definition) is 3. The van der Waals surface area contributed by atoms with E-state index in [2.05, 4.69) is 36.9 Å². The first-order chi connectivity index (χ1) is 9.65. The summed E-state index contributed by atoms with van der Waals surface area (Å²) in [6.07, 6.45) is 5.20. The van der Waals surface area contributed by atoms with Crippen LogP contribution in [0.3, 0.4) is 0 Å². The van der Waals surface area contributed by atoms with Crippen molar-refractivity contribution in [1.29, 1.82) is 0 Å². The lowest BCUT2D eigenvalue weighted by molar-refractivity contribution is 0.0256. The van der Waals surface area contributed by atoms with E-state index < -0.39 is 0 Å². The largest absolute Gasteiger partial charge is 0.374 e. The van der Waals surface area contributed by atoms with Gasteiger partial charge in [-0.25, -0.2) is 0 Å². The second-order valence-corrected chi connectivity index (χ2v) is 6.40. The first-order valence-corrected chi connectivity index (χ1v) is 7.88. The van der Waals surface area contributed by atoms with E-state index in [1.807, 2.05) is 0 Å². The molecule has 1 heterocycles. The molecule has 0 spiro atoms. The van der Waals surface area contributed by atoms with Crippen molar-refractivity contribution < 1.29 is 4.74 Å². The van der Waals surface area contributed by atoms with E-state index in [0.717, 1.165) is 19.6 Å². The van der Waals surface area contributed by atoms with Crippen LogP contribution in [0.4, 0.5) is 5.69 Å². The van der Waals surface area contributed by atoms with E-state index >= 15 is 0 Å². The van der Waals surface area contributed by atoms with E-state index in [-0.39, 0.29) is 6.04 Å². The van der Waals surface area contributed by atoms with Gasteiger partial charge in [0, 0.05) is 18.3 Å². The number of nitrogens with zero attached hydrogens (tertiary/aromatic N) is 1. The van der Waals surface area contributed by atoms with Gasteiger partial charge < -0.3 is 15.4 Å². The van der Waals surface area contributed by atoms with E-state index in [1.54, 1.807) is 0 Å². The Balaban J connectivity index is 1.82. The van der Waals surface area contributed by atoms with Gasteiger partial charge in [0.1, 0.15) is 0 Å². The van der Waals surface area contributed by atoms with Gasteiger partial charge >= 0.3 is 0 Å². The number of anilines is 1. The summed E-state index contributed by atoms with van der Waals surface area (Å²) in [6.45, 7) is 6.17. The number of hydrogen-bond donors (Lipinski definition) is 1. The molecule has 1 aromatic rings. The summed E-state index contributed by atoms with van der Waals surface area (Å²) in [5, 5.41) is 0. The van der Waals surface area contributed by atoms with Crippen LogP contribution in [0.15, 0.2) is 18.2 Å². The number of nitrogens with two attached hydrogens (primary N) is 1. The predicted octanol–water partition coefficient (Wildman–Crippen LogP) is 2.64.